The molecular formula is C16H17F3N4O2. The Labute approximate surface area is 142 Å². The highest BCUT2D eigenvalue weighted by atomic mass is 19.4. The second-order valence-corrected chi connectivity index (χ2v) is 5.80. The molecule has 0 spiro atoms. The fourth-order valence-corrected chi connectivity index (χ4v) is 2.73. The molecule has 25 heavy (non-hydrogen) atoms. The molecule has 2 aromatic rings. The number of nitrogens with zero attached hydrogens (tertiary/aromatic N) is 3. The first-order chi connectivity index (χ1) is 11.9. The molecule has 1 fully saturated rings. The summed E-state index contributed by atoms with van der Waals surface area (Å²) in [5, 5.41) is 2.81. The van der Waals surface area contributed by atoms with Crippen molar-refractivity contribution in [3.63, 3.8) is 0 Å². The summed E-state index contributed by atoms with van der Waals surface area (Å²) in [6, 6.07) is 4.36. The second kappa shape index (κ2) is 7.12. The molecule has 0 aliphatic carbocycles. The molecule has 9 heteroatoms. The van der Waals surface area contributed by atoms with Crippen LogP contribution in [0.5, 0.6) is 0 Å². The van der Waals surface area contributed by atoms with Crippen LogP contribution in [-0.2, 0) is 17.5 Å². The van der Waals surface area contributed by atoms with Crippen LogP contribution in [0.1, 0.15) is 24.3 Å². The van der Waals surface area contributed by atoms with Gasteiger partial charge in [-0.05, 0) is 31.0 Å². The Balaban J connectivity index is 1.54. The zero-order valence-corrected chi connectivity index (χ0v) is 13.3. The van der Waals surface area contributed by atoms with Gasteiger partial charge in [-0.25, -0.2) is 9.97 Å². The van der Waals surface area contributed by atoms with Gasteiger partial charge in [0.15, 0.2) is 0 Å². The van der Waals surface area contributed by atoms with E-state index in [1.54, 1.807) is 17.0 Å². The predicted molar refractivity (Wildman–Crippen MR) is 82.5 cm³/mol. The van der Waals surface area contributed by atoms with Crippen molar-refractivity contribution in [2.24, 2.45) is 5.92 Å². The molecule has 3 heterocycles. The Bertz CT molecular complexity index is 710. The van der Waals surface area contributed by atoms with Gasteiger partial charge in [-0.15, -0.1) is 0 Å². The van der Waals surface area contributed by atoms with Crippen molar-refractivity contribution >= 4 is 11.9 Å². The minimum absolute atomic E-state index is 0.0456. The molecule has 134 valence electrons. The number of nitrogens with one attached hydrogen (secondary N) is 1. The Morgan fingerprint density at radius 1 is 1.32 bits per heavy atom. The van der Waals surface area contributed by atoms with E-state index in [1.165, 1.54) is 6.26 Å². The van der Waals surface area contributed by atoms with Crippen LogP contribution in [0.15, 0.2) is 35.1 Å². The van der Waals surface area contributed by atoms with Crippen molar-refractivity contribution in [2.75, 3.05) is 18.0 Å². The molecule has 6 nitrogen and oxygen atoms in total. The van der Waals surface area contributed by atoms with E-state index >= 15 is 0 Å². The summed E-state index contributed by atoms with van der Waals surface area (Å²) in [4.78, 5) is 21.3. The molecule has 1 aliphatic rings. The Morgan fingerprint density at radius 3 is 2.72 bits per heavy atom. The van der Waals surface area contributed by atoms with Crippen molar-refractivity contribution in [1.29, 1.82) is 0 Å². The van der Waals surface area contributed by atoms with Crippen molar-refractivity contribution in [3.8, 4) is 0 Å². The molecule has 0 unspecified atom stereocenters. The molecule has 0 atom stereocenters. The summed E-state index contributed by atoms with van der Waals surface area (Å²) in [5.41, 5.74) is -0.962. The van der Waals surface area contributed by atoms with Gasteiger partial charge in [0, 0.05) is 25.2 Å². The van der Waals surface area contributed by atoms with Gasteiger partial charge in [-0.2, -0.15) is 13.2 Å². The number of carbonyl (C=O) groups is 1. The third-order valence-corrected chi connectivity index (χ3v) is 4.10. The lowest BCUT2D eigenvalue weighted by Gasteiger charge is -2.31. The Hall–Kier alpha value is -2.58. The number of alkyl halides is 3. The molecule has 0 radical (unpaired) electrons. The van der Waals surface area contributed by atoms with Crippen molar-refractivity contribution in [1.82, 2.24) is 15.3 Å². The number of amides is 1. The zero-order chi connectivity index (χ0) is 17.9. The van der Waals surface area contributed by atoms with E-state index in [4.69, 9.17) is 4.42 Å². The molecule has 0 aromatic carbocycles. The van der Waals surface area contributed by atoms with E-state index in [-0.39, 0.29) is 17.8 Å². The maximum atomic E-state index is 12.7. The van der Waals surface area contributed by atoms with Gasteiger partial charge in [0.1, 0.15) is 11.5 Å². The highest BCUT2D eigenvalue weighted by molar-refractivity contribution is 5.78. The van der Waals surface area contributed by atoms with Gasteiger partial charge in [0.25, 0.3) is 0 Å². The summed E-state index contributed by atoms with van der Waals surface area (Å²) in [5.74, 6) is 0.449. The second-order valence-electron chi connectivity index (χ2n) is 5.80. The van der Waals surface area contributed by atoms with Crippen LogP contribution in [0.4, 0.5) is 19.1 Å². The van der Waals surface area contributed by atoms with Gasteiger partial charge in [-0.1, -0.05) is 0 Å². The van der Waals surface area contributed by atoms with Crippen molar-refractivity contribution in [2.45, 2.75) is 25.6 Å². The number of carbonyl (C=O) groups excluding carboxylic acids is 1. The first-order valence-corrected chi connectivity index (χ1v) is 7.89. The minimum Gasteiger partial charge on any atom is -0.467 e. The van der Waals surface area contributed by atoms with Gasteiger partial charge < -0.3 is 14.6 Å². The summed E-state index contributed by atoms with van der Waals surface area (Å²) >= 11 is 0. The number of hydrogen-bond acceptors (Lipinski definition) is 5. The highest BCUT2D eigenvalue weighted by Gasteiger charge is 2.34. The molecule has 2 aromatic heterocycles. The first kappa shape index (κ1) is 17.2. The van der Waals surface area contributed by atoms with Crippen LogP contribution in [0.2, 0.25) is 0 Å². The standard InChI is InChI=1S/C16H17F3N4O2/c17-16(18,19)13-3-6-20-15(22-13)23-7-4-11(5-8-23)14(24)21-10-12-2-1-9-25-12/h1-3,6,9,11H,4-5,7-8,10H2,(H,21,24). The van der Waals surface area contributed by atoms with E-state index in [1.807, 2.05) is 0 Å². The lowest BCUT2D eigenvalue weighted by atomic mass is 9.96. The summed E-state index contributed by atoms with van der Waals surface area (Å²) in [6.45, 7) is 1.18. The predicted octanol–water partition coefficient (Wildman–Crippen LogP) is 2.62. The minimum atomic E-state index is -4.50. The third kappa shape index (κ3) is 4.28. The summed E-state index contributed by atoms with van der Waals surface area (Å²) in [7, 11) is 0. The molecule has 3 rings (SSSR count). The monoisotopic (exact) mass is 354 g/mol. The molecule has 1 amide bonds. The molecular weight excluding hydrogens is 337 g/mol. The Kier molecular flexibility index (Phi) is 4.91. The quantitative estimate of drug-likeness (QED) is 0.914. The number of piperidine rings is 1. The lowest BCUT2D eigenvalue weighted by molar-refractivity contribution is -0.141. The van der Waals surface area contributed by atoms with Gasteiger partial charge in [0.2, 0.25) is 11.9 Å². The maximum Gasteiger partial charge on any atom is 0.433 e. The van der Waals surface area contributed by atoms with E-state index in [9.17, 15) is 18.0 Å². The van der Waals surface area contributed by atoms with E-state index in [0.29, 0.717) is 38.2 Å². The molecule has 1 saturated heterocycles. The maximum absolute atomic E-state index is 12.7. The van der Waals surface area contributed by atoms with Crippen LogP contribution < -0.4 is 10.2 Å². The molecule has 0 bridgehead atoms. The number of aromatic nitrogens is 2. The lowest BCUT2D eigenvalue weighted by Crippen LogP contribution is -2.41. The zero-order valence-electron chi connectivity index (χ0n) is 13.3. The average Bonchev–Trinajstić information content (AvgIpc) is 3.13. The molecule has 1 N–H and O–H groups in total. The number of hydrogen-bond donors (Lipinski definition) is 1. The first-order valence-electron chi connectivity index (χ1n) is 7.89. The third-order valence-electron chi connectivity index (χ3n) is 4.10. The van der Waals surface area contributed by atoms with Crippen LogP contribution in [-0.4, -0.2) is 29.0 Å². The van der Waals surface area contributed by atoms with Crippen molar-refractivity contribution in [3.05, 3.63) is 42.1 Å². The van der Waals surface area contributed by atoms with Crippen LogP contribution in [0.3, 0.4) is 0 Å². The van der Waals surface area contributed by atoms with E-state index in [0.717, 1.165) is 12.3 Å². The number of anilines is 1. The molecule has 1 aliphatic heterocycles. The van der Waals surface area contributed by atoms with Gasteiger partial charge in [0.05, 0.1) is 12.8 Å². The van der Waals surface area contributed by atoms with Crippen molar-refractivity contribution < 1.29 is 22.4 Å². The number of halogens is 3. The van der Waals surface area contributed by atoms with Crippen LogP contribution >= 0.6 is 0 Å². The fourth-order valence-electron chi connectivity index (χ4n) is 2.73. The topological polar surface area (TPSA) is 71.3 Å². The normalized spacial score (nSPS) is 16.0. The summed E-state index contributed by atoms with van der Waals surface area (Å²) in [6.07, 6.45) is -0.794. The smallest absolute Gasteiger partial charge is 0.433 e. The Morgan fingerprint density at radius 2 is 2.08 bits per heavy atom. The average molecular weight is 354 g/mol. The molecule has 0 saturated carbocycles. The SMILES string of the molecule is O=C(NCc1ccco1)C1CCN(c2nccc(C(F)(F)F)n2)CC1. The van der Waals surface area contributed by atoms with E-state index in [2.05, 4.69) is 15.3 Å². The fraction of sp³-hybridized carbons (Fsp3) is 0.438. The highest BCUT2D eigenvalue weighted by Crippen LogP contribution is 2.29. The largest absolute Gasteiger partial charge is 0.467 e. The summed E-state index contributed by atoms with van der Waals surface area (Å²) < 4.78 is 43.4. The van der Waals surface area contributed by atoms with Gasteiger partial charge >= 0.3 is 6.18 Å². The number of furan rings is 1. The van der Waals surface area contributed by atoms with Gasteiger partial charge in [-0.3, -0.25) is 4.79 Å². The number of rotatable bonds is 4. The van der Waals surface area contributed by atoms with E-state index < -0.39 is 11.9 Å². The van der Waals surface area contributed by atoms with Crippen LogP contribution in [0.25, 0.3) is 0 Å². The van der Waals surface area contributed by atoms with Crippen LogP contribution in [0, 0.1) is 5.92 Å².